The molecule has 0 saturated carbocycles. The summed E-state index contributed by atoms with van der Waals surface area (Å²) in [5, 5.41) is 9.85. The highest BCUT2D eigenvalue weighted by Crippen LogP contribution is 2.44. The van der Waals surface area contributed by atoms with E-state index in [9.17, 15) is 0 Å². The van der Waals surface area contributed by atoms with Crippen LogP contribution >= 0.6 is 23.4 Å². The molecule has 0 aromatic heterocycles. The van der Waals surface area contributed by atoms with Gasteiger partial charge in [-0.1, -0.05) is 11.6 Å². The third-order valence-corrected chi connectivity index (χ3v) is 4.56. The number of anilines is 1. The maximum Gasteiger partial charge on any atom is 0.116 e. The third kappa shape index (κ3) is 1.77. The molecule has 1 aromatic carbocycles. The first kappa shape index (κ1) is 11.6. The average Bonchev–Trinajstić information content (AvgIpc) is 2.22. The van der Waals surface area contributed by atoms with E-state index >= 15 is 0 Å². The summed E-state index contributed by atoms with van der Waals surface area (Å²) in [6, 6.07) is 6.59. The number of fused-ring (bicyclic) bond motifs is 1. The van der Waals surface area contributed by atoms with E-state index in [1.807, 2.05) is 20.0 Å². The van der Waals surface area contributed by atoms with E-state index in [1.165, 1.54) is 0 Å². The van der Waals surface area contributed by atoms with Crippen LogP contribution in [0.2, 0.25) is 5.02 Å². The molecule has 0 spiro atoms. The van der Waals surface area contributed by atoms with Crippen molar-refractivity contribution in [3.05, 3.63) is 22.7 Å². The molecule has 1 aliphatic rings. The van der Waals surface area contributed by atoms with Crippen LogP contribution in [-0.2, 0) is 0 Å². The van der Waals surface area contributed by atoms with Crippen molar-refractivity contribution in [3.8, 4) is 6.07 Å². The maximum absolute atomic E-state index is 9.11. The fraction of sp³-hybridized carbons (Fsp3) is 0.417. The second kappa shape index (κ2) is 4.20. The summed E-state index contributed by atoms with van der Waals surface area (Å²) in [5.41, 5.74) is 2.19. The van der Waals surface area contributed by atoms with E-state index < -0.39 is 0 Å². The van der Waals surface area contributed by atoms with Crippen molar-refractivity contribution < 1.29 is 0 Å². The van der Waals surface area contributed by atoms with Gasteiger partial charge in [0.25, 0.3) is 0 Å². The molecule has 2 rings (SSSR count). The number of aryl methyl sites for hydroxylation is 1. The Balaban J connectivity index is 2.55. The normalized spacial score (nSPS) is 23.8. The standard InChI is InChI=1S/C12H13ClN2S/c1-7-4-9(13)12-10(5-7)16-11(6-14)8(2)15(12)3/h4-5,8,11H,1-3H3. The lowest BCUT2D eigenvalue weighted by Gasteiger charge is -2.37. The quantitative estimate of drug-likeness (QED) is 0.708. The number of thioether (sulfide) groups is 1. The van der Waals surface area contributed by atoms with Crippen molar-refractivity contribution in [3.63, 3.8) is 0 Å². The van der Waals surface area contributed by atoms with Gasteiger partial charge >= 0.3 is 0 Å². The van der Waals surface area contributed by atoms with Gasteiger partial charge in [-0.3, -0.25) is 0 Å². The fourth-order valence-corrected chi connectivity index (χ4v) is 3.70. The maximum atomic E-state index is 9.11. The van der Waals surface area contributed by atoms with E-state index in [0.717, 1.165) is 21.2 Å². The van der Waals surface area contributed by atoms with E-state index in [-0.39, 0.29) is 11.3 Å². The van der Waals surface area contributed by atoms with Gasteiger partial charge in [0, 0.05) is 11.9 Å². The number of nitriles is 1. The van der Waals surface area contributed by atoms with Crippen LogP contribution in [0.3, 0.4) is 0 Å². The van der Waals surface area contributed by atoms with Crippen molar-refractivity contribution in [1.82, 2.24) is 0 Å². The molecular weight excluding hydrogens is 240 g/mol. The van der Waals surface area contributed by atoms with Gasteiger partial charge in [-0.05, 0) is 31.5 Å². The summed E-state index contributed by atoms with van der Waals surface area (Å²) in [6.45, 7) is 4.08. The minimum Gasteiger partial charge on any atom is -0.368 e. The Bertz CT molecular complexity index is 467. The Morgan fingerprint density at radius 1 is 1.50 bits per heavy atom. The number of nitrogens with zero attached hydrogens (tertiary/aromatic N) is 2. The van der Waals surface area contributed by atoms with Gasteiger partial charge in [0.15, 0.2) is 0 Å². The monoisotopic (exact) mass is 252 g/mol. The SMILES string of the molecule is Cc1cc(Cl)c2c(c1)SC(C#N)C(C)N2C. The molecule has 16 heavy (non-hydrogen) atoms. The lowest BCUT2D eigenvalue weighted by Crippen LogP contribution is -2.40. The van der Waals surface area contributed by atoms with Gasteiger partial charge in [-0.15, -0.1) is 11.8 Å². The Morgan fingerprint density at radius 3 is 2.81 bits per heavy atom. The van der Waals surface area contributed by atoms with Crippen LogP contribution in [0.15, 0.2) is 17.0 Å². The number of hydrogen-bond acceptors (Lipinski definition) is 3. The molecular formula is C12H13ClN2S. The molecule has 0 N–H and O–H groups in total. The summed E-state index contributed by atoms with van der Waals surface area (Å²) in [6.07, 6.45) is 0. The summed E-state index contributed by atoms with van der Waals surface area (Å²) in [4.78, 5) is 3.21. The lowest BCUT2D eigenvalue weighted by atomic mass is 10.1. The fourth-order valence-electron chi connectivity index (χ4n) is 1.91. The molecule has 2 atom stereocenters. The van der Waals surface area contributed by atoms with Crippen LogP contribution in [-0.4, -0.2) is 18.3 Å². The first-order chi connectivity index (χ1) is 7.54. The molecule has 84 valence electrons. The topological polar surface area (TPSA) is 27.0 Å². The summed E-state index contributed by atoms with van der Waals surface area (Å²) in [5.74, 6) is 0. The minimum absolute atomic E-state index is 0.0321. The molecule has 2 nitrogen and oxygen atoms in total. The van der Waals surface area contributed by atoms with E-state index in [4.69, 9.17) is 16.9 Å². The van der Waals surface area contributed by atoms with Gasteiger partial charge in [0.1, 0.15) is 5.25 Å². The zero-order valence-corrected chi connectivity index (χ0v) is 11.1. The van der Waals surface area contributed by atoms with E-state index in [1.54, 1.807) is 11.8 Å². The second-order valence-electron chi connectivity index (χ2n) is 4.11. The van der Waals surface area contributed by atoms with Crippen LogP contribution in [0.25, 0.3) is 0 Å². The predicted molar refractivity (Wildman–Crippen MR) is 69.3 cm³/mol. The molecule has 1 aromatic rings. The van der Waals surface area contributed by atoms with E-state index in [2.05, 4.69) is 24.0 Å². The molecule has 4 heteroatoms. The van der Waals surface area contributed by atoms with Gasteiger partial charge in [-0.25, -0.2) is 0 Å². The van der Waals surface area contributed by atoms with Crippen molar-refractivity contribution in [2.24, 2.45) is 0 Å². The van der Waals surface area contributed by atoms with Crippen LogP contribution in [0, 0.1) is 18.3 Å². The number of rotatable bonds is 0. The Kier molecular flexibility index (Phi) is 3.05. The first-order valence-electron chi connectivity index (χ1n) is 5.14. The van der Waals surface area contributed by atoms with Gasteiger partial charge in [0.05, 0.1) is 22.8 Å². The molecule has 0 saturated heterocycles. The van der Waals surface area contributed by atoms with Crippen molar-refractivity contribution in [2.45, 2.75) is 30.0 Å². The smallest absolute Gasteiger partial charge is 0.116 e. The highest BCUT2D eigenvalue weighted by atomic mass is 35.5. The lowest BCUT2D eigenvalue weighted by molar-refractivity contribution is 0.697. The third-order valence-electron chi connectivity index (χ3n) is 2.96. The summed E-state index contributed by atoms with van der Waals surface area (Å²) in [7, 11) is 1.99. The Morgan fingerprint density at radius 2 is 2.19 bits per heavy atom. The van der Waals surface area contributed by atoms with Crippen molar-refractivity contribution in [1.29, 1.82) is 5.26 Å². The Hall–Kier alpha value is -0.850. The first-order valence-corrected chi connectivity index (χ1v) is 6.39. The van der Waals surface area contributed by atoms with Gasteiger partial charge < -0.3 is 4.90 Å². The van der Waals surface area contributed by atoms with Gasteiger partial charge in [0.2, 0.25) is 0 Å². The number of halogens is 1. The zero-order valence-electron chi connectivity index (χ0n) is 9.49. The average molecular weight is 253 g/mol. The predicted octanol–water partition coefficient (Wildman–Crippen LogP) is 3.47. The number of benzene rings is 1. The Labute approximate surface area is 105 Å². The summed E-state index contributed by atoms with van der Waals surface area (Å²) < 4.78 is 0. The van der Waals surface area contributed by atoms with Crippen LogP contribution < -0.4 is 4.90 Å². The molecule has 1 heterocycles. The zero-order chi connectivity index (χ0) is 11.9. The molecule has 1 aliphatic heterocycles. The second-order valence-corrected chi connectivity index (χ2v) is 5.70. The van der Waals surface area contributed by atoms with Crippen LogP contribution in [0.4, 0.5) is 5.69 Å². The highest BCUT2D eigenvalue weighted by molar-refractivity contribution is 8.00. The van der Waals surface area contributed by atoms with Crippen LogP contribution in [0.1, 0.15) is 12.5 Å². The van der Waals surface area contributed by atoms with Crippen molar-refractivity contribution >= 4 is 29.1 Å². The molecule has 0 radical (unpaired) electrons. The number of hydrogen-bond donors (Lipinski definition) is 0. The summed E-state index contributed by atoms with van der Waals surface area (Å²) >= 11 is 7.87. The van der Waals surface area contributed by atoms with Crippen LogP contribution in [0.5, 0.6) is 0 Å². The van der Waals surface area contributed by atoms with Gasteiger partial charge in [-0.2, -0.15) is 5.26 Å². The van der Waals surface area contributed by atoms with Crippen molar-refractivity contribution in [2.75, 3.05) is 11.9 Å². The molecule has 0 amide bonds. The largest absolute Gasteiger partial charge is 0.368 e. The molecule has 0 bridgehead atoms. The minimum atomic E-state index is -0.0321. The molecule has 0 fully saturated rings. The highest BCUT2D eigenvalue weighted by Gasteiger charge is 2.31. The van der Waals surface area contributed by atoms with E-state index in [0.29, 0.717) is 0 Å². The molecule has 0 aliphatic carbocycles. The molecule has 2 unspecified atom stereocenters.